The summed E-state index contributed by atoms with van der Waals surface area (Å²) in [6.07, 6.45) is -0.227. The summed E-state index contributed by atoms with van der Waals surface area (Å²) in [7, 11) is 1.51. The van der Waals surface area contributed by atoms with Crippen molar-refractivity contribution in [2.45, 2.75) is 33.8 Å². The highest BCUT2D eigenvalue weighted by Crippen LogP contribution is 2.34. The van der Waals surface area contributed by atoms with Crippen LogP contribution in [0.2, 0.25) is 0 Å². The lowest BCUT2D eigenvalue weighted by Gasteiger charge is -2.11. The Morgan fingerprint density at radius 2 is 1.83 bits per heavy atom. The van der Waals surface area contributed by atoms with Crippen LogP contribution >= 0.6 is 11.3 Å². The molecular weight excluding hydrogens is 326 g/mol. The van der Waals surface area contributed by atoms with E-state index in [0.717, 1.165) is 10.4 Å². The third-order valence-electron chi connectivity index (χ3n) is 3.51. The highest BCUT2D eigenvalue weighted by molar-refractivity contribution is 7.16. The van der Waals surface area contributed by atoms with Gasteiger partial charge in [0.15, 0.2) is 0 Å². The van der Waals surface area contributed by atoms with E-state index in [-0.39, 0.29) is 12.0 Å². The van der Waals surface area contributed by atoms with Crippen molar-refractivity contribution in [3.63, 3.8) is 0 Å². The molecule has 0 bridgehead atoms. The molecule has 1 aromatic carbocycles. The molecule has 2 aromatic rings. The van der Waals surface area contributed by atoms with E-state index < -0.39 is 5.97 Å². The summed E-state index contributed by atoms with van der Waals surface area (Å²) < 4.78 is 10.5. The summed E-state index contributed by atoms with van der Waals surface area (Å²) in [5.74, 6) is -0.277. The van der Waals surface area contributed by atoms with Crippen LogP contribution in [-0.2, 0) is 4.74 Å². The van der Waals surface area contributed by atoms with Gasteiger partial charge in [0, 0.05) is 4.88 Å². The summed E-state index contributed by atoms with van der Waals surface area (Å²) in [5.41, 5.74) is 1.64. The normalized spacial score (nSPS) is 10.6. The van der Waals surface area contributed by atoms with Gasteiger partial charge in [-0.05, 0) is 45.4 Å². The van der Waals surface area contributed by atoms with Crippen molar-refractivity contribution in [3.8, 4) is 5.75 Å². The number of hydrogen-bond acceptors (Lipinski definition) is 5. The van der Waals surface area contributed by atoms with E-state index in [9.17, 15) is 9.59 Å². The number of methoxy groups -OCH3 is 1. The molecule has 1 amide bonds. The lowest BCUT2D eigenvalue weighted by molar-refractivity contribution is 0.0379. The number of carbonyl (C=O) groups is 2. The monoisotopic (exact) mass is 347 g/mol. The predicted molar refractivity (Wildman–Crippen MR) is 95.3 cm³/mol. The first-order valence-electron chi connectivity index (χ1n) is 7.60. The van der Waals surface area contributed by atoms with Crippen LogP contribution in [0.1, 0.15) is 45.0 Å². The fourth-order valence-electron chi connectivity index (χ4n) is 2.24. The second kappa shape index (κ2) is 7.49. The molecule has 0 saturated heterocycles. The SMILES string of the molecule is COc1ccccc1C(=O)Nc1sc(C)c(C)c1C(=O)OC(C)C. The summed E-state index contributed by atoms with van der Waals surface area (Å²) in [6, 6.07) is 6.94. The Labute approximate surface area is 145 Å². The van der Waals surface area contributed by atoms with Gasteiger partial charge in [-0.3, -0.25) is 4.79 Å². The van der Waals surface area contributed by atoms with Crippen LogP contribution in [0.4, 0.5) is 5.00 Å². The first-order valence-corrected chi connectivity index (χ1v) is 8.42. The molecule has 0 aliphatic rings. The van der Waals surface area contributed by atoms with Crippen molar-refractivity contribution in [3.05, 3.63) is 45.8 Å². The third kappa shape index (κ3) is 3.76. The number of hydrogen-bond donors (Lipinski definition) is 1. The molecule has 0 saturated carbocycles. The van der Waals surface area contributed by atoms with Crippen LogP contribution in [0.3, 0.4) is 0 Å². The molecule has 1 aromatic heterocycles. The molecule has 2 rings (SSSR count). The zero-order chi connectivity index (χ0) is 17.9. The summed E-state index contributed by atoms with van der Waals surface area (Å²) in [5, 5.41) is 3.31. The van der Waals surface area contributed by atoms with Gasteiger partial charge in [0.05, 0.1) is 24.3 Å². The molecular formula is C18H21NO4S. The number of benzene rings is 1. The van der Waals surface area contributed by atoms with Gasteiger partial charge in [0.1, 0.15) is 10.8 Å². The van der Waals surface area contributed by atoms with Gasteiger partial charge < -0.3 is 14.8 Å². The van der Waals surface area contributed by atoms with Crippen LogP contribution in [0.15, 0.2) is 24.3 Å². The summed E-state index contributed by atoms with van der Waals surface area (Å²) in [4.78, 5) is 25.9. The van der Waals surface area contributed by atoms with Crippen molar-refractivity contribution in [1.82, 2.24) is 0 Å². The molecule has 0 atom stereocenters. The molecule has 1 N–H and O–H groups in total. The minimum Gasteiger partial charge on any atom is -0.496 e. The number of nitrogens with one attached hydrogen (secondary N) is 1. The highest BCUT2D eigenvalue weighted by atomic mass is 32.1. The predicted octanol–water partition coefficient (Wildman–Crippen LogP) is 4.19. The number of anilines is 1. The number of carbonyl (C=O) groups excluding carboxylic acids is 2. The Bertz CT molecular complexity index is 764. The summed E-state index contributed by atoms with van der Waals surface area (Å²) >= 11 is 1.36. The largest absolute Gasteiger partial charge is 0.496 e. The second-order valence-corrected chi connectivity index (χ2v) is 6.82. The van der Waals surface area contributed by atoms with E-state index in [1.807, 2.05) is 13.8 Å². The molecule has 0 spiro atoms. The van der Waals surface area contributed by atoms with Crippen LogP contribution in [0.5, 0.6) is 5.75 Å². The van der Waals surface area contributed by atoms with Crippen molar-refractivity contribution in [1.29, 1.82) is 0 Å². The minimum atomic E-state index is -0.429. The Balaban J connectivity index is 2.34. The van der Waals surface area contributed by atoms with E-state index in [1.54, 1.807) is 38.1 Å². The van der Waals surface area contributed by atoms with Gasteiger partial charge in [0.2, 0.25) is 0 Å². The van der Waals surface area contributed by atoms with Crippen LogP contribution in [0, 0.1) is 13.8 Å². The van der Waals surface area contributed by atoms with Gasteiger partial charge in [-0.1, -0.05) is 12.1 Å². The fourth-order valence-corrected chi connectivity index (χ4v) is 3.28. The first kappa shape index (κ1) is 18.0. The van der Waals surface area contributed by atoms with Crippen LogP contribution in [-0.4, -0.2) is 25.1 Å². The number of amides is 1. The molecule has 0 fully saturated rings. The number of aryl methyl sites for hydroxylation is 1. The Morgan fingerprint density at radius 1 is 1.17 bits per heavy atom. The number of rotatable bonds is 5. The minimum absolute atomic E-state index is 0.227. The van der Waals surface area contributed by atoms with Crippen molar-refractivity contribution >= 4 is 28.2 Å². The van der Waals surface area contributed by atoms with E-state index in [2.05, 4.69) is 5.32 Å². The number of ether oxygens (including phenoxy) is 2. The lowest BCUT2D eigenvalue weighted by atomic mass is 10.1. The second-order valence-electron chi connectivity index (χ2n) is 5.60. The topological polar surface area (TPSA) is 64.6 Å². The van der Waals surface area contributed by atoms with Gasteiger partial charge in [-0.2, -0.15) is 0 Å². The molecule has 6 heteroatoms. The Morgan fingerprint density at radius 3 is 2.46 bits per heavy atom. The molecule has 0 unspecified atom stereocenters. The van der Waals surface area contributed by atoms with Crippen molar-refractivity contribution in [2.24, 2.45) is 0 Å². The van der Waals surface area contributed by atoms with Crippen molar-refractivity contribution in [2.75, 3.05) is 12.4 Å². The van der Waals surface area contributed by atoms with Crippen LogP contribution in [0.25, 0.3) is 0 Å². The molecule has 128 valence electrons. The number of esters is 1. The Hall–Kier alpha value is -2.34. The van der Waals surface area contributed by atoms with Gasteiger partial charge in [-0.15, -0.1) is 11.3 Å². The molecule has 24 heavy (non-hydrogen) atoms. The fraction of sp³-hybridized carbons (Fsp3) is 0.333. The number of thiophene rings is 1. The van der Waals surface area contributed by atoms with Gasteiger partial charge in [0.25, 0.3) is 5.91 Å². The average molecular weight is 347 g/mol. The molecule has 0 radical (unpaired) electrons. The van der Waals surface area contributed by atoms with Crippen LogP contribution < -0.4 is 10.1 Å². The lowest BCUT2D eigenvalue weighted by Crippen LogP contribution is -2.17. The molecule has 5 nitrogen and oxygen atoms in total. The summed E-state index contributed by atoms with van der Waals surface area (Å²) in [6.45, 7) is 7.34. The van der Waals surface area contributed by atoms with Gasteiger partial charge in [-0.25, -0.2) is 4.79 Å². The smallest absolute Gasteiger partial charge is 0.341 e. The zero-order valence-electron chi connectivity index (χ0n) is 14.4. The van der Waals surface area contributed by atoms with Crippen molar-refractivity contribution < 1.29 is 19.1 Å². The maximum Gasteiger partial charge on any atom is 0.341 e. The van der Waals surface area contributed by atoms with E-state index in [1.165, 1.54) is 18.4 Å². The third-order valence-corrected chi connectivity index (χ3v) is 4.63. The number of para-hydroxylation sites is 1. The average Bonchev–Trinajstić information content (AvgIpc) is 2.80. The van der Waals surface area contributed by atoms with Gasteiger partial charge >= 0.3 is 5.97 Å². The van der Waals surface area contributed by atoms with E-state index in [0.29, 0.717) is 21.9 Å². The van der Waals surface area contributed by atoms with E-state index in [4.69, 9.17) is 9.47 Å². The highest BCUT2D eigenvalue weighted by Gasteiger charge is 2.24. The molecule has 0 aliphatic carbocycles. The molecule has 1 heterocycles. The van der Waals surface area contributed by atoms with E-state index >= 15 is 0 Å². The zero-order valence-corrected chi connectivity index (χ0v) is 15.2. The molecule has 0 aliphatic heterocycles. The standard InChI is InChI=1S/C18H21NO4S/c1-10(2)23-18(21)15-11(3)12(4)24-17(15)19-16(20)13-8-6-7-9-14(13)22-5/h6-10H,1-5H3,(H,19,20). The Kier molecular flexibility index (Phi) is 5.62. The maximum absolute atomic E-state index is 12.6. The quantitative estimate of drug-likeness (QED) is 0.824. The maximum atomic E-state index is 12.6. The first-order chi connectivity index (χ1) is 11.3.